The molecule has 8 nitrogen and oxygen atoms in total. The SMILES string of the molecule is COc1ccc(OC)c(CC(=O)N2CCCC(c3nc(-c4ccncc4)cc(=O)[nH]3)C2)c1. The lowest BCUT2D eigenvalue weighted by Gasteiger charge is -2.32. The van der Waals surface area contributed by atoms with E-state index in [1.54, 1.807) is 32.7 Å². The van der Waals surface area contributed by atoms with Crippen molar-refractivity contribution in [2.75, 3.05) is 27.3 Å². The predicted octanol–water partition coefficient (Wildman–Crippen LogP) is 2.80. The Labute approximate surface area is 186 Å². The quantitative estimate of drug-likeness (QED) is 0.641. The van der Waals surface area contributed by atoms with Crippen molar-refractivity contribution in [1.82, 2.24) is 19.9 Å². The van der Waals surface area contributed by atoms with Crippen molar-refractivity contribution >= 4 is 5.91 Å². The summed E-state index contributed by atoms with van der Waals surface area (Å²) in [5, 5.41) is 0. The highest BCUT2D eigenvalue weighted by atomic mass is 16.5. The largest absolute Gasteiger partial charge is 0.497 e. The van der Waals surface area contributed by atoms with Crippen molar-refractivity contribution < 1.29 is 14.3 Å². The standard InChI is InChI=1S/C24H26N4O4/c1-31-19-5-6-21(32-2)18(12-19)13-23(30)28-11-3-4-17(15-28)24-26-20(14-22(29)27-24)16-7-9-25-10-8-16/h5-10,12,14,17H,3-4,11,13,15H2,1-2H3,(H,26,27,29). The van der Waals surface area contributed by atoms with Gasteiger partial charge in [0.15, 0.2) is 0 Å². The van der Waals surface area contributed by atoms with Gasteiger partial charge in [-0.1, -0.05) is 0 Å². The summed E-state index contributed by atoms with van der Waals surface area (Å²) >= 11 is 0. The number of H-pyrrole nitrogens is 1. The summed E-state index contributed by atoms with van der Waals surface area (Å²) in [5.74, 6) is 1.92. The van der Waals surface area contributed by atoms with Crippen LogP contribution in [0.1, 0.15) is 30.1 Å². The Hall–Kier alpha value is -3.68. The zero-order chi connectivity index (χ0) is 22.5. The molecule has 0 spiro atoms. The number of hydrogen-bond donors (Lipinski definition) is 1. The lowest BCUT2D eigenvalue weighted by atomic mass is 9.96. The van der Waals surface area contributed by atoms with Crippen molar-refractivity contribution in [1.29, 1.82) is 0 Å². The first kappa shape index (κ1) is 21.5. The van der Waals surface area contributed by atoms with Gasteiger partial charge in [-0.25, -0.2) is 4.98 Å². The summed E-state index contributed by atoms with van der Waals surface area (Å²) in [4.78, 5) is 38.8. The molecule has 4 rings (SSSR count). The number of nitrogens with one attached hydrogen (secondary N) is 1. The van der Waals surface area contributed by atoms with E-state index in [0.717, 1.165) is 24.0 Å². The first-order valence-corrected chi connectivity index (χ1v) is 10.6. The van der Waals surface area contributed by atoms with Crippen molar-refractivity contribution in [3.05, 3.63) is 70.5 Å². The third-order valence-corrected chi connectivity index (χ3v) is 5.73. The number of aromatic amines is 1. The van der Waals surface area contributed by atoms with Crippen molar-refractivity contribution in [3.8, 4) is 22.8 Å². The highest BCUT2D eigenvalue weighted by Crippen LogP contribution is 2.28. The van der Waals surface area contributed by atoms with Crippen LogP contribution in [0.15, 0.2) is 53.6 Å². The first-order chi connectivity index (χ1) is 15.6. The normalized spacial score (nSPS) is 15.9. The number of carbonyl (C=O) groups is 1. The third kappa shape index (κ3) is 4.80. The topological polar surface area (TPSA) is 97.4 Å². The number of piperidine rings is 1. The van der Waals surface area contributed by atoms with Crippen LogP contribution in [0.25, 0.3) is 11.3 Å². The van der Waals surface area contributed by atoms with E-state index in [2.05, 4.69) is 9.97 Å². The van der Waals surface area contributed by atoms with Crippen molar-refractivity contribution in [2.24, 2.45) is 0 Å². The fourth-order valence-electron chi connectivity index (χ4n) is 4.06. The molecule has 2 aromatic heterocycles. The maximum Gasteiger partial charge on any atom is 0.251 e. The van der Waals surface area contributed by atoms with Gasteiger partial charge in [0.25, 0.3) is 5.56 Å². The monoisotopic (exact) mass is 434 g/mol. The Kier molecular flexibility index (Phi) is 6.49. The summed E-state index contributed by atoms with van der Waals surface area (Å²) in [7, 11) is 3.18. The van der Waals surface area contributed by atoms with Gasteiger partial charge in [0.05, 0.1) is 26.3 Å². The van der Waals surface area contributed by atoms with Gasteiger partial charge >= 0.3 is 0 Å². The molecule has 0 aliphatic carbocycles. The third-order valence-electron chi connectivity index (χ3n) is 5.73. The molecule has 0 saturated carbocycles. The zero-order valence-corrected chi connectivity index (χ0v) is 18.2. The lowest BCUT2D eigenvalue weighted by Crippen LogP contribution is -2.40. The van der Waals surface area contributed by atoms with Crippen LogP contribution < -0.4 is 15.0 Å². The number of pyridine rings is 1. The molecule has 1 fully saturated rings. The predicted molar refractivity (Wildman–Crippen MR) is 120 cm³/mol. The van der Waals surface area contributed by atoms with E-state index in [-0.39, 0.29) is 23.8 Å². The van der Waals surface area contributed by atoms with Gasteiger partial charge < -0.3 is 19.4 Å². The van der Waals surface area contributed by atoms with Crippen LogP contribution in [-0.4, -0.2) is 53.1 Å². The molecule has 1 aliphatic rings. The second kappa shape index (κ2) is 9.64. The van der Waals surface area contributed by atoms with Gasteiger partial charge in [-0.2, -0.15) is 0 Å². The van der Waals surface area contributed by atoms with E-state index in [0.29, 0.717) is 36.1 Å². The number of amides is 1. The Morgan fingerprint density at radius 1 is 1.16 bits per heavy atom. The molecule has 0 radical (unpaired) electrons. The average molecular weight is 434 g/mol. The summed E-state index contributed by atoms with van der Waals surface area (Å²) < 4.78 is 10.7. The Bertz CT molecular complexity index is 1150. The smallest absolute Gasteiger partial charge is 0.251 e. The fraction of sp³-hybridized carbons (Fsp3) is 0.333. The summed E-state index contributed by atoms with van der Waals surface area (Å²) in [5.41, 5.74) is 2.02. The molecule has 0 bridgehead atoms. The zero-order valence-electron chi connectivity index (χ0n) is 18.2. The molecule has 32 heavy (non-hydrogen) atoms. The number of benzene rings is 1. The Morgan fingerprint density at radius 2 is 1.97 bits per heavy atom. The molecule has 3 aromatic rings. The van der Waals surface area contributed by atoms with Crippen molar-refractivity contribution in [2.45, 2.75) is 25.2 Å². The van der Waals surface area contributed by atoms with Gasteiger partial charge in [-0.15, -0.1) is 0 Å². The van der Waals surface area contributed by atoms with Crippen LogP contribution in [-0.2, 0) is 11.2 Å². The highest BCUT2D eigenvalue weighted by Gasteiger charge is 2.27. The van der Waals surface area contributed by atoms with E-state index in [1.807, 2.05) is 29.2 Å². The molecular weight excluding hydrogens is 408 g/mol. The van der Waals surface area contributed by atoms with E-state index < -0.39 is 0 Å². The number of hydrogen-bond acceptors (Lipinski definition) is 6. The number of rotatable bonds is 6. The van der Waals surface area contributed by atoms with Gasteiger partial charge in [0.2, 0.25) is 5.91 Å². The molecule has 3 heterocycles. The van der Waals surface area contributed by atoms with Crippen LogP contribution in [0.2, 0.25) is 0 Å². The second-order valence-electron chi connectivity index (χ2n) is 7.79. The number of aromatic nitrogens is 3. The van der Waals surface area contributed by atoms with Gasteiger partial charge in [0, 0.05) is 48.6 Å². The maximum atomic E-state index is 13.1. The number of likely N-dealkylation sites (tertiary alicyclic amines) is 1. The van der Waals surface area contributed by atoms with E-state index in [1.165, 1.54) is 6.07 Å². The molecular formula is C24H26N4O4. The lowest BCUT2D eigenvalue weighted by molar-refractivity contribution is -0.131. The number of ether oxygens (including phenoxy) is 2. The van der Waals surface area contributed by atoms with Crippen molar-refractivity contribution in [3.63, 3.8) is 0 Å². The minimum atomic E-state index is -0.202. The molecule has 1 saturated heterocycles. The summed E-state index contributed by atoms with van der Waals surface area (Å²) in [6.07, 6.45) is 5.26. The van der Waals surface area contributed by atoms with Crippen LogP contribution >= 0.6 is 0 Å². The molecule has 1 aliphatic heterocycles. The number of carbonyl (C=O) groups excluding carboxylic acids is 1. The maximum absolute atomic E-state index is 13.1. The molecule has 8 heteroatoms. The average Bonchev–Trinajstić information content (AvgIpc) is 2.84. The molecule has 166 valence electrons. The van der Waals surface area contributed by atoms with E-state index >= 15 is 0 Å². The number of nitrogens with zero attached hydrogens (tertiary/aromatic N) is 3. The molecule has 1 aromatic carbocycles. The second-order valence-corrected chi connectivity index (χ2v) is 7.79. The van der Waals surface area contributed by atoms with Gasteiger partial charge in [-0.3, -0.25) is 14.6 Å². The summed E-state index contributed by atoms with van der Waals surface area (Å²) in [6, 6.07) is 10.6. The highest BCUT2D eigenvalue weighted by molar-refractivity contribution is 5.80. The van der Waals surface area contributed by atoms with Crippen LogP contribution in [0.3, 0.4) is 0 Å². The van der Waals surface area contributed by atoms with Crippen LogP contribution in [0.4, 0.5) is 0 Å². The minimum Gasteiger partial charge on any atom is -0.497 e. The van der Waals surface area contributed by atoms with Gasteiger partial charge in [0.1, 0.15) is 17.3 Å². The van der Waals surface area contributed by atoms with Crippen LogP contribution in [0.5, 0.6) is 11.5 Å². The van der Waals surface area contributed by atoms with E-state index in [9.17, 15) is 9.59 Å². The Morgan fingerprint density at radius 3 is 2.72 bits per heavy atom. The van der Waals surface area contributed by atoms with Gasteiger partial charge in [-0.05, 0) is 43.2 Å². The van der Waals surface area contributed by atoms with E-state index in [4.69, 9.17) is 14.5 Å². The molecule has 1 atom stereocenters. The first-order valence-electron chi connectivity index (χ1n) is 10.6. The molecule has 1 amide bonds. The minimum absolute atomic E-state index is 0.00823. The summed E-state index contributed by atoms with van der Waals surface area (Å²) in [6.45, 7) is 1.18. The Balaban J connectivity index is 1.52. The fourth-order valence-corrected chi connectivity index (χ4v) is 4.06. The van der Waals surface area contributed by atoms with Crippen LogP contribution in [0, 0.1) is 0 Å². The molecule has 1 N–H and O–H groups in total. The number of methoxy groups -OCH3 is 2. The molecule has 1 unspecified atom stereocenters.